The van der Waals surface area contributed by atoms with Gasteiger partial charge in [-0.1, -0.05) is 12.1 Å². The fourth-order valence-corrected chi connectivity index (χ4v) is 1.79. The summed E-state index contributed by atoms with van der Waals surface area (Å²) in [5.74, 6) is -2.09. The van der Waals surface area contributed by atoms with Crippen LogP contribution in [0, 0.1) is 5.82 Å². The molecule has 2 rings (SSSR count). The molecule has 0 aliphatic rings. The quantitative estimate of drug-likeness (QED) is 0.850. The lowest BCUT2D eigenvalue weighted by Crippen LogP contribution is -2.07. The lowest BCUT2D eigenvalue weighted by Gasteiger charge is -2.05. The van der Waals surface area contributed by atoms with Gasteiger partial charge in [-0.05, 0) is 36.2 Å². The Morgan fingerprint density at radius 3 is 2.65 bits per heavy atom. The first kappa shape index (κ1) is 13.9. The third-order valence-electron chi connectivity index (χ3n) is 2.80. The highest BCUT2D eigenvalue weighted by Crippen LogP contribution is 2.15. The number of aromatic nitrogens is 1. The zero-order valence-electron chi connectivity index (χ0n) is 10.5. The standard InChI is InChI=1S/C15H12FNO3/c16-12-6-4-10(5-7-14(18)19)9-11(12)15(20)13-3-1-2-8-17-13/h1-4,6,8-9H,5,7H2,(H,18,19). The van der Waals surface area contributed by atoms with Crippen LogP contribution in [-0.4, -0.2) is 21.8 Å². The molecule has 0 aliphatic heterocycles. The van der Waals surface area contributed by atoms with Crippen molar-refractivity contribution in [2.75, 3.05) is 0 Å². The number of carbonyl (C=O) groups is 2. The van der Waals surface area contributed by atoms with Crippen LogP contribution in [0.25, 0.3) is 0 Å². The first-order valence-electron chi connectivity index (χ1n) is 6.04. The number of pyridine rings is 1. The van der Waals surface area contributed by atoms with E-state index in [0.717, 1.165) is 0 Å². The number of benzene rings is 1. The number of aryl methyl sites for hydroxylation is 1. The molecule has 5 heteroatoms. The summed E-state index contributed by atoms with van der Waals surface area (Å²) >= 11 is 0. The maximum atomic E-state index is 13.7. The van der Waals surface area contributed by atoms with E-state index in [1.807, 2.05) is 0 Å². The van der Waals surface area contributed by atoms with Gasteiger partial charge in [-0.3, -0.25) is 14.6 Å². The van der Waals surface area contributed by atoms with Gasteiger partial charge < -0.3 is 5.11 Å². The lowest BCUT2D eigenvalue weighted by molar-refractivity contribution is -0.136. The Balaban J connectivity index is 2.29. The fraction of sp³-hybridized carbons (Fsp3) is 0.133. The Hall–Kier alpha value is -2.56. The van der Waals surface area contributed by atoms with Crippen molar-refractivity contribution >= 4 is 11.8 Å². The number of nitrogens with zero attached hydrogens (tertiary/aromatic N) is 1. The summed E-state index contributed by atoms with van der Waals surface area (Å²) in [5, 5.41) is 8.63. The van der Waals surface area contributed by atoms with E-state index in [9.17, 15) is 14.0 Å². The molecule has 20 heavy (non-hydrogen) atoms. The van der Waals surface area contributed by atoms with E-state index < -0.39 is 17.6 Å². The molecule has 0 bridgehead atoms. The van der Waals surface area contributed by atoms with Gasteiger partial charge in [-0.2, -0.15) is 0 Å². The number of carbonyl (C=O) groups excluding carboxylic acids is 1. The average molecular weight is 273 g/mol. The molecule has 0 radical (unpaired) electrons. The van der Waals surface area contributed by atoms with Crippen molar-refractivity contribution in [2.45, 2.75) is 12.8 Å². The van der Waals surface area contributed by atoms with Crippen molar-refractivity contribution in [1.29, 1.82) is 0 Å². The minimum Gasteiger partial charge on any atom is -0.481 e. The third-order valence-corrected chi connectivity index (χ3v) is 2.80. The number of ketones is 1. The van der Waals surface area contributed by atoms with Gasteiger partial charge >= 0.3 is 5.97 Å². The molecular formula is C15H12FNO3. The normalized spacial score (nSPS) is 10.2. The summed E-state index contributed by atoms with van der Waals surface area (Å²) < 4.78 is 13.7. The van der Waals surface area contributed by atoms with Crippen LogP contribution < -0.4 is 0 Å². The first-order valence-corrected chi connectivity index (χ1v) is 6.04. The molecule has 0 amide bonds. The third kappa shape index (κ3) is 3.26. The van der Waals surface area contributed by atoms with Crippen molar-refractivity contribution < 1.29 is 19.1 Å². The molecule has 1 heterocycles. The van der Waals surface area contributed by atoms with Crippen LogP contribution in [0.3, 0.4) is 0 Å². The van der Waals surface area contributed by atoms with Crippen molar-refractivity contribution in [1.82, 2.24) is 4.98 Å². The molecule has 102 valence electrons. The van der Waals surface area contributed by atoms with Crippen LogP contribution in [0.1, 0.15) is 28.0 Å². The number of hydrogen-bond acceptors (Lipinski definition) is 3. The highest BCUT2D eigenvalue weighted by Gasteiger charge is 2.15. The van der Waals surface area contributed by atoms with Gasteiger partial charge in [0, 0.05) is 12.6 Å². The summed E-state index contributed by atoms with van der Waals surface area (Å²) in [5.41, 5.74) is 0.668. The zero-order valence-corrected chi connectivity index (χ0v) is 10.5. The second kappa shape index (κ2) is 6.06. The molecule has 1 N–H and O–H groups in total. The topological polar surface area (TPSA) is 67.3 Å². The summed E-state index contributed by atoms with van der Waals surface area (Å²) in [4.78, 5) is 26.6. The van der Waals surface area contributed by atoms with Crippen LogP contribution in [0.5, 0.6) is 0 Å². The highest BCUT2D eigenvalue weighted by molar-refractivity contribution is 6.07. The Morgan fingerprint density at radius 2 is 2.00 bits per heavy atom. The fourth-order valence-electron chi connectivity index (χ4n) is 1.79. The number of rotatable bonds is 5. The molecule has 0 saturated heterocycles. The molecular weight excluding hydrogens is 261 g/mol. The lowest BCUT2D eigenvalue weighted by atomic mass is 10.0. The summed E-state index contributed by atoms with van der Waals surface area (Å²) in [6.45, 7) is 0. The Labute approximate surface area is 114 Å². The minimum atomic E-state index is -0.938. The van der Waals surface area contributed by atoms with Crippen molar-refractivity contribution in [3.05, 3.63) is 65.2 Å². The van der Waals surface area contributed by atoms with E-state index in [2.05, 4.69) is 4.98 Å². The average Bonchev–Trinajstić information content (AvgIpc) is 2.46. The van der Waals surface area contributed by atoms with Crippen LogP contribution in [0.4, 0.5) is 4.39 Å². The number of carboxylic acids is 1. The van der Waals surface area contributed by atoms with Crippen molar-refractivity contribution in [2.24, 2.45) is 0 Å². The number of carboxylic acid groups (broad SMARTS) is 1. The SMILES string of the molecule is O=C(O)CCc1ccc(F)c(C(=O)c2ccccn2)c1. The molecule has 0 spiro atoms. The molecule has 4 nitrogen and oxygen atoms in total. The monoisotopic (exact) mass is 273 g/mol. The van der Waals surface area contributed by atoms with Crippen LogP contribution in [0.2, 0.25) is 0 Å². The molecule has 0 fully saturated rings. The molecule has 0 aliphatic carbocycles. The van der Waals surface area contributed by atoms with Gasteiger partial charge in [0.2, 0.25) is 5.78 Å². The van der Waals surface area contributed by atoms with E-state index in [-0.39, 0.29) is 24.1 Å². The van der Waals surface area contributed by atoms with Gasteiger partial charge in [0.15, 0.2) is 0 Å². The summed E-state index contributed by atoms with van der Waals surface area (Å²) in [6, 6.07) is 8.85. The Kier molecular flexibility index (Phi) is 4.20. The predicted octanol–water partition coefficient (Wildman–Crippen LogP) is 2.47. The van der Waals surface area contributed by atoms with Gasteiger partial charge in [-0.25, -0.2) is 4.39 Å². The first-order chi connectivity index (χ1) is 9.58. The van der Waals surface area contributed by atoms with Gasteiger partial charge in [0.05, 0.1) is 5.56 Å². The highest BCUT2D eigenvalue weighted by atomic mass is 19.1. The van der Waals surface area contributed by atoms with E-state index in [0.29, 0.717) is 5.56 Å². The van der Waals surface area contributed by atoms with E-state index in [1.165, 1.54) is 30.5 Å². The maximum absolute atomic E-state index is 13.7. The Bertz CT molecular complexity index is 641. The maximum Gasteiger partial charge on any atom is 0.303 e. The molecule has 2 aromatic rings. The summed E-state index contributed by atoms with van der Waals surface area (Å²) in [6.07, 6.45) is 1.64. The number of aliphatic carboxylic acids is 1. The van der Waals surface area contributed by atoms with Crippen LogP contribution in [0.15, 0.2) is 42.6 Å². The minimum absolute atomic E-state index is 0.0666. The van der Waals surface area contributed by atoms with Crippen molar-refractivity contribution in [3.63, 3.8) is 0 Å². The molecule has 0 unspecified atom stereocenters. The zero-order chi connectivity index (χ0) is 14.5. The number of hydrogen-bond donors (Lipinski definition) is 1. The predicted molar refractivity (Wildman–Crippen MR) is 70.0 cm³/mol. The second-order valence-electron chi connectivity index (χ2n) is 4.25. The van der Waals surface area contributed by atoms with Crippen molar-refractivity contribution in [3.8, 4) is 0 Å². The second-order valence-corrected chi connectivity index (χ2v) is 4.25. The van der Waals surface area contributed by atoms with Gasteiger partial charge in [-0.15, -0.1) is 0 Å². The van der Waals surface area contributed by atoms with Gasteiger partial charge in [0.1, 0.15) is 11.5 Å². The van der Waals surface area contributed by atoms with Gasteiger partial charge in [0.25, 0.3) is 0 Å². The van der Waals surface area contributed by atoms with E-state index in [4.69, 9.17) is 5.11 Å². The Morgan fingerprint density at radius 1 is 1.20 bits per heavy atom. The van der Waals surface area contributed by atoms with E-state index in [1.54, 1.807) is 12.1 Å². The number of halogens is 1. The van der Waals surface area contributed by atoms with Crippen LogP contribution in [-0.2, 0) is 11.2 Å². The largest absolute Gasteiger partial charge is 0.481 e. The molecule has 0 saturated carbocycles. The summed E-state index contributed by atoms with van der Waals surface area (Å²) in [7, 11) is 0. The van der Waals surface area contributed by atoms with E-state index >= 15 is 0 Å². The molecule has 0 atom stereocenters. The molecule has 1 aromatic heterocycles. The smallest absolute Gasteiger partial charge is 0.303 e. The van der Waals surface area contributed by atoms with Crippen LogP contribution >= 0.6 is 0 Å². The molecule has 1 aromatic carbocycles.